The van der Waals surface area contributed by atoms with Crippen molar-refractivity contribution in [1.82, 2.24) is 10.6 Å². The van der Waals surface area contributed by atoms with E-state index >= 15 is 0 Å². The molecule has 5 nitrogen and oxygen atoms in total. The predicted octanol–water partition coefficient (Wildman–Crippen LogP) is 3.12. The van der Waals surface area contributed by atoms with Crippen molar-refractivity contribution < 1.29 is 14.3 Å². The maximum absolute atomic E-state index is 12.2. The van der Waals surface area contributed by atoms with E-state index in [1.165, 1.54) is 0 Å². The van der Waals surface area contributed by atoms with Gasteiger partial charge >= 0.3 is 0 Å². The van der Waals surface area contributed by atoms with Gasteiger partial charge in [-0.1, -0.05) is 25.1 Å². The molecule has 2 aromatic carbocycles. The summed E-state index contributed by atoms with van der Waals surface area (Å²) in [6.45, 7) is 4.24. The van der Waals surface area contributed by atoms with E-state index in [0.717, 1.165) is 12.2 Å². The highest BCUT2D eigenvalue weighted by Gasteiger charge is 2.16. The fourth-order valence-electron chi connectivity index (χ4n) is 2.05. The Morgan fingerprint density at radius 1 is 1.00 bits per heavy atom. The van der Waals surface area contributed by atoms with Gasteiger partial charge in [-0.05, 0) is 49.7 Å². The minimum absolute atomic E-state index is 0.186. The number of para-hydroxylation sites is 1. The highest BCUT2D eigenvalue weighted by molar-refractivity contribution is 5.97. The summed E-state index contributed by atoms with van der Waals surface area (Å²) < 4.78 is 5.68. The largest absolute Gasteiger partial charge is 0.457 e. The zero-order valence-electron chi connectivity index (χ0n) is 13.9. The molecule has 0 spiro atoms. The Kier molecular flexibility index (Phi) is 6.37. The predicted molar refractivity (Wildman–Crippen MR) is 93.2 cm³/mol. The van der Waals surface area contributed by atoms with Crippen LogP contribution in [0.1, 0.15) is 30.6 Å². The molecule has 126 valence electrons. The van der Waals surface area contributed by atoms with Gasteiger partial charge in [0.25, 0.3) is 5.91 Å². The van der Waals surface area contributed by atoms with Crippen LogP contribution in [0.5, 0.6) is 11.5 Å². The molecule has 24 heavy (non-hydrogen) atoms. The smallest absolute Gasteiger partial charge is 0.251 e. The number of ether oxygens (including phenoxy) is 1. The lowest BCUT2D eigenvalue weighted by Crippen LogP contribution is -2.44. The number of hydrogen-bond acceptors (Lipinski definition) is 3. The fourth-order valence-corrected chi connectivity index (χ4v) is 2.05. The molecule has 0 heterocycles. The summed E-state index contributed by atoms with van der Waals surface area (Å²) in [5, 5.41) is 5.43. The van der Waals surface area contributed by atoms with E-state index in [4.69, 9.17) is 4.74 Å². The highest BCUT2D eigenvalue weighted by Crippen LogP contribution is 2.21. The summed E-state index contributed by atoms with van der Waals surface area (Å²) in [4.78, 5) is 24.0. The molecule has 0 fully saturated rings. The Morgan fingerprint density at radius 3 is 2.25 bits per heavy atom. The summed E-state index contributed by atoms with van der Waals surface area (Å²) in [5.41, 5.74) is 0.477. The van der Waals surface area contributed by atoms with Crippen molar-refractivity contribution in [3.05, 3.63) is 60.2 Å². The van der Waals surface area contributed by atoms with Gasteiger partial charge in [-0.3, -0.25) is 9.59 Å². The van der Waals surface area contributed by atoms with Crippen LogP contribution in [0.25, 0.3) is 0 Å². The Bertz CT molecular complexity index is 669. The van der Waals surface area contributed by atoms with E-state index in [0.29, 0.717) is 17.9 Å². The van der Waals surface area contributed by atoms with Crippen LogP contribution < -0.4 is 15.4 Å². The molecule has 5 heteroatoms. The van der Waals surface area contributed by atoms with E-state index in [1.54, 1.807) is 31.2 Å². The van der Waals surface area contributed by atoms with Crippen molar-refractivity contribution in [2.24, 2.45) is 0 Å². The quantitative estimate of drug-likeness (QED) is 0.821. The normalized spacial score (nSPS) is 11.4. The maximum Gasteiger partial charge on any atom is 0.251 e. The molecule has 2 aromatic rings. The standard InChI is InChI=1S/C19H22N2O3/c1-3-13-20-18(22)14(2)21-19(23)15-9-11-17(12-10-15)24-16-7-5-4-6-8-16/h4-12,14H,3,13H2,1-2H3,(H,20,22)(H,21,23)/t14-/m0/s1. The van der Waals surface area contributed by atoms with E-state index in [1.807, 2.05) is 37.3 Å². The number of rotatable bonds is 7. The lowest BCUT2D eigenvalue weighted by atomic mass is 10.2. The van der Waals surface area contributed by atoms with Gasteiger partial charge in [0.05, 0.1) is 0 Å². The molecule has 2 rings (SSSR count). The molecule has 0 saturated heterocycles. The molecule has 0 radical (unpaired) electrons. The maximum atomic E-state index is 12.2. The number of amides is 2. The molecular weight excluding hydrogens is 304 g/mol. The SMILES string of the molecule is CCCNC(=O)[C@H](C)NC(=O)c1ccc(Oc2ccccc2)cc1. The van der Waals surface area contributed by atoms with Crippen molar-refractivity contribution in [2.75, 3.05) is 6.54 Å². The van der Waals surface area contributed by atoms with Gasteiger partial charge < -0.3 is 15.4 Å². The molecule has 0 aliphatic heterocycles. The van der Waals surface area contributed by atoms with Crippen LogP contribution in [-0.2, 0) is 4.79 Å². The number of carbonyl (C=O) groups excluding carboxylic acids is 2. The topological polar surface area (TPSA) is 67.4 Å². The summed E-state index contributed by atoms with van der Waals surface area (Å²) in [7, 11) is 0. The van der Waals surface area contributed by atoms with Crippen LogP contribution in [0, 0.1) is 0 Å². The van der Waals surface area contributed by atoms with Crippen LogP contribution in [0.2, 0.25) is 0 Å². The van der Waals surface area contributed by atoms with Gasteiger partial charge in [0.1, 0.15) is 17.5 Å². The van der Waals surface area contributed by atoms with Crippen molar-refractivity contribution in [3.8, 4) is 11.5 Å². The fraction of sp³-hybridized carbons (Fsp3) is 0.263. The average Bonchev–Trinajstić information content (AvgIpc) is 2.61. The number of benzene rings is 2. The first-order valence-corrected chi connectivity index (χ1v) is 8.01. The third kappa shape index (κ3) is 5.12. The number of hydrogen-bond donors (Lipinski definition) is 2. The van der Waals surface area contributed by atoms with Gasteiger partial charge in [0.15, 0.2) is 0 Å². The molecule has 0 bridgehead atoms. The average molecular weight is 326 g/mol. The van der Waals surface area contributed by atoms with E-state index in [-0.39, 0.29) is 11.8 Å². The first kappa shape index (κ1) is 17.5. The number of nitrogens with one attached hydrogen (secondary N) is 2. The summed E-state index contributed by atoms with van der Waals surface area (Å²) in [6.07, 6.45) is 0.856. The monoisotopic (exact) mass is 326 g/mol. The molecule has 2 amide bonds. The molecule has 2 N–H and O–H groups in total. The summed E-state index contributed by atoms with van der Waals surface area (Å²) in [6, 6.07) is 15.6. The van der Waals surface area contributed by atoms with E-state index in [2.05, 4.69) is 10.6 Å². The van der Waals surface area contributed by atoms with Gasteiger partial charge in [0, 0.05) is 12.1 Å². The Labute approximate surface area is 142 Å². The van der Waals surface area contributed by atoms with Gasteiger partial charge in [-0.15, -0.1) is 0 Å². The molecule has 0 saturated carbocycles. The van der Waals surface area contributed by atoms with Crippen LogP contribution in [0.15, 0.2) is 54.6 Å². The molecular formula is C19H22N2O3. The highest BCUT2D eigenvalue weighted by atomic mass is 16.5. The zero-order chi connectivity index (χ0) is 17.4. The number of carbonyl (C=O) groups is 2. The van der Waals surface area contributed by atoms with Crippen molar-refractivity contribution in [1.29, 1.82) is 0 Å². The summed E-state index contributed by atoms with van der Waals surface area (Å²) in [5.74, 6) is 0.900. The molecule has 0 aromatic heterocycles. The second-order valence-electron chi connectivity index (χ2n) is 5.43. The van der Waals surface area contributed by atoms with Gasteiger partial charge in [0.2, 0.25) is 5.91 Å². The van der Waals surface area contributed by atoms with Gasteiger partial charge in [-0.25, -0.2) is 0 Å². The van der Waals surface area contributed by atoms with Crippen molar-refractivity contribution in [2.45, 2.75) is 26.3 Å². The second kappa shape index (κ2) is 8.72. The minimum Gasteiger partial charge on any atom is -0.457 e. The lowest BCUT2D eigenvalue weighted by Gasteiger charge is -2.14. The molecule has 1 atom stereocenters. The van der Waals surface area contributed by atoms with Gasteiger partial charge in [-0.2, -0.15) is 0 Å². The zero-order valence-corrected chi connectivity index (χ0v) is 13.9. The van der Waals surface area contributed by atoms with Crippen LogP contribution in [0.3, 0.4) is 0 Å². The van der Waals surface area contributed by atoms with E-state index in [9.17, 15) is 9.59 Å². The van der Waals surface area contributed by atoms with Crippen molar-refractivity contribution in [3.63, 3.8) is 0 Å². The third-order valence-corrected chi connectivity index (χ3v) is 3.39. The third-order valence-electron chi connectivity index (χ3n) is 3.39. The van der Waals surface area contributed by atoms with E-state index < -0.39 is 6.04 Å². The van der Waals surface area contributed by atoms with Crippen LogP contribution in [-0.4, -0.2) is 24.4 Å². The first-order chi connectivity index (χ1) is 11.6. The Morgan fingerprint density at radius 2 is 1.62 bits per heavy atom. The Balaban J connectivity index is 1.92. The second-order valence-corrected chi connectivity index (χ2v) is 5.43. The first-order valence-electron chi connectivity index (χ1n) is 8.01. The van der Waals surface area contributed by atoms with Crippen LogP contribution in [0.4, 0.5) is 0 Å². The molecule has 0 aliphatic rings. The Hall–Kier alpha value is -2.82. The lowest BCUT2D eigenvalue weighted by molar-refractivity contribution is -0.122. The molecule has 0 aliphatic carbocycles. The summed E-state index contributed by atoms with van der Waals surface area (Å²) >= 11 is 0. The van der Waals surface area contributed by atoms with Crippen molar-refractivity contribution >= 4 is 11.8 Å². The molecule has 0 unspecified atom stereocenters. The minimum atomic E-state index is -0.579. The van der Waals surface area contributed by atoms with Crippen LogP contribution >= 0.6 is 0 Å².